The third-order valence-electron chi connectivity index (χ3n) is 2.13. The van der Waals surface area contributed by atoms with Crippen LogP contribution in [0, 0.1) is 0 Å². The van der Waals surface area contributed by atoms with Crippen LogP contribution < -0.4 is 0 Å². The molecule has 0 unspecified atom stereocenters. The number of carbonyl (C=O) groups is 1. The predicted molar refractivity (Wildman–Crippen MR) is 49.6 cm³/mol. The lowest BCUT2D eigenvalue weighted by Gasteiger charge is -2.14. The summed E-state index contributed by atoms with van der Waals surface area (Å²) >= 11 is 0. The third-order valence-corrected chi connectivity index (χ3v) is 2.13. The lowest BCUT2D eigenvalue weighted by Crippen LogP contribution is -2.24. The van der Waals surface area contributed by atoms with Gasteiger partial charge in [0, 0.05) is 19.2 Å². The monoisotopic (exact) mass is 167 g/mol. The predicted octanol–water partition coefficient (Wildman–Crippen LogP) is 2.31. The van der Waals surface area contributed by atoms with Gasteiger partial charge in [0.2, 0.25) is 5.91 Å². The summed E-state index contributed by atoms with van der Waals surface area (Å²) in [5.41, 5.74) is 0. The number of carbonyl (C=O) groups excluding carboxylic acids is 1. The van der Waals surface area contributed by atoms with Gasteiger partial charge in [-0.05, 0) is 19.3 Å². The van der Waals surface area contributed by atoms with Crippen molar-refractivity contribution in [1.29, 1.82) is 0 Å². The molecule has 0 bridgehead atoms. The molecule has 1 saturated heterocycles. The number of rotatable bonds is 2. The molecule has 1 heterocycles. The van der Waals surface area contributed by atoms with Crippen LogP contribution in [0.5, 0.6) is 0 Å². The highest BCUT2D eigenvalue weighted by Crippen LogP contribution is 2.11. The topological polar surface area (TPSA) is 20.3 Å². The van der Waals surface area contributed by atoms with Gasteiger partial charge in [-0.2, -0.15) is 0 Å². The van der Waals surface area contributed by atoms with Crippen molar-refractivity contribution in [2.75, 3.05) is 6.54 Å². The minimum Gasteiger partial charge on any atom is -0.319 e. The Balaban J connectivity index is 2.47. The Morgan fingerprint density at radius 1 is 1.42 bits per heavy atom. The first-order valence-electron chi connectivity index (χ1n) is 4.80. The Morgan fingerprint density at radius 3 is 3.00 bits per heavy atom. The van der Waals surface area contributed by atoms with Gasteiger partial charge >= 0.3 is 0 Å². The van der Waals surface area contributed by atoms with Crippen molar-refractivity contribution >= 4 is 5.91 Å². The highest BCUT2D eigenvalue weighted by atomic mass is 16.2. The lowest BCUT2D eigenvalue weighted by atomic mass is 10.2. The summed E-state index contributed by atoms with van der Waals surface area (Å²) in [5, 5.41) is 0. The van der Waals surface area contributed by atoms with Gasteiger partial charge in [0.05, 0.1) is 0 Å². The van der Waals surface area contributed by atoms with Crippen LogP contribution in [0.2, 0.25) is 0 Å². The first-order chi connectivity index (χ1) is 5.84. The van der Waals surface area contributed by atoms with Crippen LogP contribution in [-0.2, 0) is 4.79 Å². The highest BCUT2D eigenvalue weighted by Gasteiger charge is 2.12. The summed E-state index contributed by atoms with van der Waals surface area (Å²) in [6.07, 6.45) is 9.13. The lowest BCUT2D eigenvalue weighted by molar-refractivity contribution is -0.128. The smallest absolute Gasteiger partial charge is 0.226 e. The molecule has 1 amide bonds. The minimum atomic E-state index is 0.289. The van der Waals surface area contributed by atoms with Gasteiger partial charge in [0.1, 0.15) is 0 Å². The molecule has 1 aliphatic rings. The second-order valence-electron chi connectivity index (χ2n) is 3.19. The van der Waals surface area contributed by atoms with Crippen molar-refractivity contribution < 1.29 is 4.79 Å². The van der Waals surface area contributed by atoms with E-state index in [1.54, 1.807) is 0 Å². The fourth-order valence-corrected chi connectivity index (χ4v) is 1.39. The van der Waals surface area contributed by atoms with Crippen LogP contribution in [0.1, 0.15) is 39.0 Å². The van der Waals surface area contributed by atoms with Crippen molar-refractivity contribution in [1.82, 2.24) is 4.90 Å². The molecule has 0 aromatic carbocycles. The Hall–Kier alpha value is -0.790. The summed E-state index contributed by atoms with van der Waals surface area (Å²) in [6.45, 7) is 2.99. The van der Waals surface area contributed by atoms with Crippen molar-refractivity contribution in [3.05, 3.63) is 12.3 Å². The van der Waals surface area contributed by atoms with Crippen LogP contribution in [0.4, 0.5) is 0 Å². The molecule has 1 rings (SSSR count). The largest absolute Gasteiger partial charge is 0.319 e. The Bertz CT molecular complexity index is 175. The molecule has 0 aromatic rings. The van der Waals surface area contributed by atoms with Crippen molar-refractivity contribution in [2.45, 2.75) is 39.0 Å². The molecule has 1 fully saturated rings. The quantitative estimate of drug-likeness (QED) is 0.618. The zero-order chi connectivity index (χ0) is 8.81. The molecule has 68 valence electrons. The molecule has 0 saturated carbocycles. The van der Waals surface area contributed by atoms with E-state index in [2.05, 4.69) is 6.92 Å². The maximum absolute atomic E-state index is 11.4. The Labute approximate surface area is 74.2 Å². The van der Waals surface area contributed by atoms with Crippen LogP contribution in [0.25, 0.3) is 0 Å². The van der Waals surface area contributed by atoms with Crippen molar-refractivity contribution in [2.24, 2.45) is 0 Å². The minimum absolute atomic E-state index is 0.289. The average molecular weight is 167 g/mol. The molecule has 12 heavy (non-hydrogen) atoms. The molecule has 1 aliphatic heterocycles. The second kappa shape index (κ2) is 4.96. The standard InChI is InChI=1S/C10H17NO/c1-2-3-8-11-9-6-4-5-7-10(11)12/h3,8H,2,4-7,9H2,1H3. The van der Waals surface area contributed by atoms with E-state index in [0.717, 1.165) is 32.2 Å². The zero-order valence-electron chi connectivity index (χ0n) is 7.75. The van der Waals surface area contributed by atoms with Gasteiger partial charge in [-0.15, -0.1) is 0 Å². The summed E-state index contributed by atoms with van der Waals surface area (Å²) in [5.74, 6) is 0.289. The van der Waals surface area contributed by atoms with E-state index in [1.165, 1.54) is 6.42 Å². The normalized spacial score (nSPS) is 20.1. The van der Waals surface area contributed by atoms with E-state index in [9.17, 15) is 4.79 Å². The first kappa shape index (κ1) is 9.30. The third kappa shape index (κ3) is 2.68. The van der Waals surface area contributed by atoms with Gasteiger partial charge in [-0.1, -0.05) is 19.4 Å². The number of hydrogen-bond acceptors (Lipinski definition) is 1. The number of allylic oxidation sites excluding steroid dienone is 1. The highest BCUT2D eigenvalue weighted by molar-refractivity contribution is 5.77. The number of amides is 1. The average Bonchev–Trinajstić information content (AvgIpc) is 2.27. The van der Waals surface area contributed by atoms with E-state index in [-0.39, 0.29) is 5.91 Å². The fourth-order valence-electron chi connectivity index (χ4n) is 1.39. The van der Waals surface area contributed by atoms with Gasteiger partial charge in [-0.25, -0.2) is 0 Å². The van der Waals surface area contributed by atoms with Gasteiger partial charge in [0.15, 0.2) is 0 Å². The number of hydrogen-bond donors (Lipinski definition) is 0. The van der Waals surface area contributed by atoms with Crippen LogP contribution in [0.3, 0.4) is 0 Å². The van der Waals surface area contributed by atoms with E-state index in [4.69, 9.17) is 0 Å². The van der Waals surface area contributed by atoms with E-state index in [1.807, 2.05) is 17.2 Å². The molecule has 0 N–H and O–H groups in total. The molecule has 2 nitrogen and oxygen atoms in total. The fraction of sp³-hybridized carbons (Fsp3) is 0.700. The van der Waals surface area contributed by atoms with E-state index < -0.39 is 0 Å². The van der Waals surface area contributed by atoms with Crippen molar-refractivity contribution in [3.63, 3.8) is 0 Å². The molecule has 0 aliphatic carbocycles. The SMILES string of the molecule is CCC=CN1CCCCCC1=O. The van der Waals surface area contributed by atoms with Crippen molar-refractivity contribution in [3.8, 4) is 0 Å². The molecule has 0 radical (unpaired) electrons. The van der Waals surface area contributed by atoms with E-state index in [0.29, 0.717) is 0 Å². The molecular weight excluding hydrogens is 150 g/mol. The number of nitrogens with zero attached hydrogens (tertiary/aromatic N) is 1. The molecule has 0 atom stereocenters. The Morgan fingerprint density at radius 2 is 2.25 bits per heavy atom. The van der Waals surface area contributed by atoms with Crippen LogP contribution in [0.15, 0.2) is 12.3 Å². The first-order valence-corrected chi connectivity index (χ1v) is 4.80. The summed E-state index contributed by atoms with van der Waals surface area (Å²) in [7, 11) is 0. The van der Waals surface area contributed by atoms with Gasteiger partial charge < -0.3 is 4.90 Å². The molecule has 0 aromatic heterocycles. The van der Waals surface area contributed by atoms with Crippen LogP contribution >= 0.6 is 0 Å². The van der Waals surface area contributed by atoms with Gasteiger partial charge in [0.25, 0.3) is 0 Å². The second-order valence-corrected chi connectivity index (χ2v) is 3.19. The zero-order valence-corrected chi connectivity index (χ0v) is 7.75. The van der Waals surface area contributed by atoms with Crippen LogP contribution in [-0.4, -0.2) is 17.4 Å². The number of likely N-dealkylation sites (tertiary alicyclic amines) is 1. The van der Waals surface area contributed by atoms with E-state index >= 15 is 0 Å². The maximum atomic E-state index is 11.4. The summed E-state index contributed by atoms with van der Waals surface area (Å²) in [4.78, 5) is 13.3. The maximum Gasteiger partial charge on any atom is 0.226 e. The Kier molecular flexibility index (Phi) is 3.85. The molecule has 0 spiro atoms. The molecular formula is C10H17NO. The van der Waals surface area contributed by atoms with Gasteiger partial charge in [-0.3, -0.25) is 4.79 Å². The summed E-state index contributed by atoms with van der Waals surface area (Å²) in [6, 6.07) is 0. The molecule has 2 heteroatoms. The summed E-state index contributed by atoms with van der Waals surface area (Å²) < 4.78 is 0.